The van der Waals surface area contributed by atoms with E-state index < -0.39 is 12.1 Å². The van der Waals surface area contributed by atoms with Crippen LogP contribution in [0.3, 0.4) is 0 Å². The minimum absolute atomic E-state index is 0.0949. The summed E-state index contributed by atoms with van der Waals surface area (Å²) in [6.07, 6.45) is 0.0173. The van der Waals surface area contributed by atoms with Crippen LogP contribution in [-0.4, -0.2) is 61.3 Å². The summed E-state index contributed by atoms with van der Waals surface area (Å²) in [4.78, 5) is 19.6. The number of carboxylic acid groups (broad SMARTS) is 1. The molecule has 2 aromatic heterocycles. The Labute approximate surface area is 191 Å². The van der Waals surface area contributed by atoms with Crippen molar-refractivity contribution in [2.45, 2.75) is 31.9 Å². The molecule has 0 fully saturated rings. The summed E-state index contributed by atoms with van der Waals surface area (Å²) in [5.74, 6) is -1.15. The van der Waals surface area contributed by atoms with E-state index in [0.717, 1.165) is 36.8 Å². The second kappa shape index (κ2) is 9.95. The molecule has 0 spiro atoms. The van der Waals surface area contributed by atoms with Crippen LogP contribution in [0, 0.1) is 0 Å². The van der Waals surface area contributed by atoms with Gasteiger partial charge in [-0.05, 0) is 29.8 Å². The van der Waals surface area contributed by atoms with Gasteiger partial charge in [-0.15, -0.1) is 0 Å². The number of nitrogens with zero attached hydrogens (tertiary/aromatic N) is 5. The van der Waals surface area contributed by atoms with Crippen molar-refractivity contribution in [3.63, 3.8) is 0 Å². The summed E-state index contributed by atoms with van der Waals surface area (Å²) in [6, 6.07) is 10.3. The third kappa shape index (κ3) is 5.92. The number of ether oxygens (including phenoxy) is 3. The van der Waals surface area contributed by atoms with Gasteiger partial charge in [-0.1, -0.05) is 6.07 Å². The Morgan fingerprint density at radius 3 is 2.59 bits per heavy atom. The van der Waals surface area contributed by atoms with Gasteiger partial charge in [-0.3, -0.25) is 9.58 Å². The van der Waals surface area contributed by atoms with Crippen LogP contribution in [0.25, 0.3) is 0 Å². The van der Waals surface area contributed by atoms with E-state index in [-0.39, 0.29) is 12.9 Å². The SMILES string of the molecule is O=C(O)C(F)(F)F.c1cnc(OC2CN(Cc3ccc4c(c3)OCO4)Cc3ccnn3C2)nc1. The molecule has 13 heteroatoms. The molecular weight excluding hydrogens is 459 g/mol. The zero-order valence-corrected chi connectivity index (χ0v) is 17.7. The second-order valence-electron chi connectivity index (χ2n) is 7.44. The van der Waals surface area contributed by atoms with Crippen LogP contribution in [0.2, 0.25) is 0 Å². The van der Waals surface area contributed by atoms with Gasteiger partial charge in [0.1, 0.15) is 6.10 Å². The lowest BCUT2D eigenvalue weighted by Crippen LogP contribution is -2.35. The Morgan fingerprint density at radius 1 is 1.12 bits per heavy atom. The molecule has 0 radical (unpaired) electrons. The zero-order chi connectivity index (χ0) is 24.1. The van der Waals surface area contributed by atoms with E-state index in [4.69, 9.17) is 24.1 Å². The first kappa shape index (κ1) is 23.3. The normalized spacial score (nSPS) is 17.2. The van der Waals surface area contributed by atoms with E-state index >= 15 is 0 Å². The van der Waals surface area contributed by atoms with Crippen molar-refractivity contribution in [3.05, 3.63) is 60.2 Å². The molecule has 10 nitrogen and oxygen atoms in total. The molecule has 0 saturated heterocycles. The number of aromatic nitrogens is 4. The van der Waals surface area contributed by atoms with Crippen molar-refractivity contribution in [2.24, 2.45) is 0 Å². The van der Waals surface area contributed by atoms with Gasteiger partial charge in [0.05, 0.1) is 12.2 Å². The monoisotopic (exact) mass is 479 g/mol. The first-order chi connectivity index (χ1) is 16.3. The second-order valence-corrected chi connectivity index (χ2v) is 7.44. The number of fused-ring (bicyclic) bond motifs is 2. The van der Waals surface area contributed by atoms with Gasteiger partial charge in [-0.2, -0.15) is 18.3 Å². The average Bonchev–Trinajstić information content (AvgIpc) is 3.40. The lowest BCUT2D eigenvalue weighted by Gasteiger charge is -2.24. The van der Waals surface area contributed by atoms with Gasteiger partial charge in [0, 0.05) is 38.2 Å². The number of carbonyl (C=O) groups is 1. The van der Waals surface area contributed by atoms with Gasteiger partial charge >= 0.3 is 18.2 Å². The third-order valence-corrected chi connectivity index (χ3v) is 4.93. The van der Waals surface area contributed by atoms with Gasteiger partial charge in [-0.25, -0.2) is 14.8 Å². The van der Waals surface area contributed by atoms with Crippen LogP contribution in [-0.2, 0) is 24.4 Å². The third-order valence-electron chi connectivity index (χ3n) is 4.93. The summed E-state index contributed by atoms with van der Waals surface area (Å²) in [7, 11) is 0. The fourth-order valence-electron chi connectivity index (χ4n) is 3.48. The Kier molecular flexibility index (Phi) is 6.82. The highest BCUT2D eigenvalue weighted by Gasteiger charge is 2.38. The van der Waals surface area contributed by atoms with Gasteiger partial charge in [0.15, 0.2) is 11.5 Å². The molecule has 0 bridgehead atoms. The van der Waals surface area contributed by atoms with E-state index in [1.54, 1.807) is 18.5 Å². The predicted molar refractivity (Wildman–Crippen MR) is 109 cm³/mol. The summed E-state index contributed by atoms with van der Waals surface area (Å²) in [5.41, 5.74) is 2.33. The van der Waals surface area contributed by atoms with Crippen molar-refractivity contribution in [1.29, 1.82) is 0 Å². The molecule has 2 aliphatic rings. The number of halogens is 3. The molecule has 2 aliphatic heterocycles. The van der Waals surface area contributed by atoms with Crippen LogP contribution >= 0.6 is 0 Å². The Balaban J connectivity index is 0.000000344. The largest absolute Gasteiger partial charge is 0.490 e. The van der Waals surface area contributed by atoms with Crippen LogP contribution in [0.5, 0.6) is 17.5 Å². The summed E-state index contributed by atoms with van der Waals surface area (Å²) in [5, 5.41) is 11.6. The summed E-state index contributed by atoms with van der Waals surface area (Å²) >= 11 is 0. The lowest BCUT2D eigenvalue weighted by atomic mass is 10.1. The number of carboxylic acids is 1. The van der Waals surface area contributed by atoms with Crippen molar-refractivity contribution in [2.75, 3.05) is 13.3 Å². The van der Waals surface area contributed by atoms with E-state index in [1.807, 2.05) is 29.1 Å². The van der Waals surface area contributed by atoms with Crippen molar-refractivity contribution in [1.82, 2.24) is 24.6 Å². The van der Waals surface area contributed by atoms with Gasteiger partial charge in [0.2, 0.25) is 6.79 Å². The van der Waals surface area contributed by atoms with E-state index in [2.05, 4.69) is 26.0 Å². The maximum absolute atomic E-state index is 10.6. The zero-order valence-electron chi connectivity index (χ0n) is 17.7. The first-order valence-corrected chi connectivity index (χ1v) is 10.1. The van der Waals surface area contributed by atoms with Crippen molar-refractivity contribution < 1.29 is 37.3 Å². The van der Waals surface area contributed by atoms with E-state index in [0.29, 0.717) is 12.6 Å². The fraction of sp³-hybridized carbons (Fsp3) is 0.333. The molecule has 0 saturated carbocycles. The number of aliphatic carboxylic acids is 1. The van der Waals surface area contributed by atoms with E-state index in [9.17, 15) is 13.2 Å². The fourth-order valence-corrected chi connectivity index (χ4v) is 3.48. The molecule has 180 valence electrons. The highest BCUT2D eigenvalue weighted by atomic mass is 19.4. The Morgan fingerprint density at radius 2 is 1.85 bits per heavy atom. The van der Waals surface area contributed by atoms with Crippen LogP contribution in [0.4, 0.5) is 13.2 Å². The summed E-state index contributed by atoms with van der Waals surface area (Å²) < 4.78 is 50.7. The number of hydrogen-bond acceptors (Lipinski definition) is 8. The lowest BCUT2D eigenvalue weighted by molar-refractivity contribution is -0.192. The molecule has 4 heterocycles. The molecular formula is C21H20F3N5O5. The highest BCUT2D eigenvalue weighted by molar-refractivity contribution is 5.73. The maximum atomic E-state index is 10.6. The predicted octanol–water partition coefficient (Wildman–Crippen LogP) is 2.50. The molecule has 3 aromatic rings. The standard InChI is InChI=1S/C19H19N5O3.C2HF3O2/c1-5-20-19(21-6-1)27-16-11-23(10-15-4-7-22-24(15)12-16)9-14-2-3-17-18(8-14)26-13-25-17;3-2(4,5)1(6)7/h1-8,16H,9-13H2;(H,6,7). The minimum Gasteiger partial charge on any atom is -0.475 e. The summed E-state index contributed by atoms with van der Waals surface area (Å²) in [6.45, 7) is 3.27. The average molecular weight is 479 g/mol. The Hall–Kier alpha value is -3.87. The van der Waals surface area contributed by atoms with Gasteiger partial charge in [0.25, 0.3) is 0 Å². The number of alkyl halides is 3. The molecule has 34 heavy (non-hydrogen) atoms. The van der Waals surface area contributed by atoms with Gasteiger partial charge < -0.3 is 19.3 Å². The number of benzene rings is 1. The molecule has 1 N–H and O–H groups in total. The van der Waals surface area contributed by atoms with Crippen LogP contribution in [0.1, 0.15) is 11.3 Å². The van der Waals surface area contributed by atoms with Crippen LogP contribution < -0.4 is 14.2 Å². The smallest absolute Gasteiger partial charge is 0.475 e. The first-order valence-electron chi connectivity index (χ1n) is 10.1. The number of hydrogen-bond donors (Lipinski definition) is 1. The topological polar surface area (TPSA) is 112 Å². The highest BCUT2D eigenvalue weighted by Crippen LogP contribution is 2.33. The molecule has 0 amide bonds. The minimum atomic E-state index is -5.08. The van der Waals surface area contributed by atoms with E-state index in [1.165, 1.54) is 5.56 Å². The maximum Gasteiger partial charge on any atom is 0.490 e. The molecule has 1 aromatic carbocycles. The quantitative estimate of drug-likeness (QED) is 0.603. The molecule has 1 unspecified atom stereocenters. The molecule has 1 atom stereocenters. The van der Waals surface area contributed by atoms with Crippen molar-refractivity contribution in [3.8, 4) is 17.5 Å². The number of rotatable bonds is 4. The molecule has 5 rings (SSSR count). The molecule has 0 aliphatic carbocycles. The van der Waals surface area contributed by atoms with Crippen molar-refractivity contribution >= 4 is 5.97 Å². The van der Waals surface area contributed by atoms with Crippen LogP contribution in [0.15, 0.2) is 48.9 Å². The Bertz CT molecular complexity index is 1130.